The second kappa shape index (κ2) is 6.72. The maximum atomic E-state index is 13.6. The minimum absolute atomic E-state index is 0.105. The summed E-state index contributed by atoms with van der Waals surface area (Å²) in [6.07, 6.45) is 0. The van der Waals surface area contributed by atoms with Crippen molar-refractivity contribution >= 4 is 21.7 Å². The summed E-state index contributed by atoms with van der Waals surface area (Å²) in [4.78, 5) is 12.0. The van der Waals surface area contributed by atoms with Crippen molar-refractivity contribution in [1.29, 1.82) is 0 Å². The summed E-state index contributed by atoms with van der Waals surface area (Å²) in [5, 5.41) is 0. The van der Waals surface area contributed by atoms with E-state index in [4.69, 9.17) is 9.47 Å². The van der Waals surface area contributed by atoms with Crippen molar-refractivity contribution in [1.82, 2.24) is 0 Å². The van der Waals surface area contributed by atoms with Crippen molar-refractivity contribution in [3.05, 3.63) is 57.8 Å². The number of hydrogen-bond donors (Lipinski definition) is 0. The SMILES string of the molecule is COc1ccc(C(=O)COc2ccc(C)cc2Br)cc1F. The molecule has 3 nitrogen and oxygen atoms in total. The number of carbonyl (C=O) groups is 1. The van der Waals surface area contributed by atoms with Crippen LogP contribution in [0.5, 0.6) is 11.5 Å². The van der Waals surface area contributed by atoms with E-state index in [0.717, 1.165) is 16.1 Å². The minimum atomic E-state index is -0.570. The first-order valence-electron chi connectivity index (χ1n) is 6.27. The van der Waals surface area contributed by atoms with Crippen LogP contribution in [0, 0.1) is 12.7 Å². The molecule has 0 atom stereocenters. The summed E-state index contributed by atoms with van der Waals surface area (Å²) in [5.74, 6) is -0.194. The molecule has 0 amide bonds. The number of aryl methyl sites for hydroxylation is 1. The molecule has 0 aliphatic heterocycles. The van der Waals surface area contributed by atoms with Gasteiger partial charge in [-0.05, 0) is 58.7 Å². The molecule has 0 spiro atoms. The average molecular weight is 353 g/mol. The zero-order chi connectivity index (χ0) is 15.4. The Bertz CT molecular complexity index is 671. The third-order valence-corrected chi connectivity index (χ3v) is 3.54. The van der Waals surface area contributed by atoms with Crippen LogP contribution in [0.2, 0.25) is 0 Å². The quantitative estimate of drug-likeness (QED) is 0.757. The molecular weight excluding hydrogens is 339 g/mol. The molecule has 0 N–H and O–H groups in total. The van der Waals surface area contributed by atoms with Crippen molar-refractivity contribution in [3.63, 3.8) is 0 Å². The molecule has 0 aromatic heterocycles. The van der Waals surface area contributed by atoms with Crippen LogP contribution < -0.4 is 9.47 Å². The van der Waals surface area contributed by atoms with E-state index in [9.17, 15) is 9.18 Å². The van der Waals surface area contributed by atoms with Crippen LogP contribution in [-0.2, 0) is 0 Å². The highest BCUT2D eigenvalue weighted by molar-refractivity contribution is 9.10. The molecule has 2 aromatic rings. The van der Waals surface area contributed by atoms with Crippen LogP contribution in [0.25, 0.3) is 0 Å². The lowest BCUT2D eigenvalue weighted by Gasteiger charge is -2.09. The van der Waals surface area contributed by atoms with Gasteiger partial charge in [-0.1, -0.05) is 6.07 Å². The van der Waals surface area contributed by atoms with Crippen molar-refractivity contribution in [2.75, 3.05) is 13.7 Å². The molecule has 0 aliphatic rings. The zero-order valence-corrected chi connectivity index (χ0v) is 13.2. The highest BCUT2D eigenvalue weighted by atomic mass is 79.9. The predicted molar refractivity (Wildman–Crippen MR) is 81.7 cm³/mol. The molecule has 0 unspecified atom stereocenters. The Hall–Kier alpha value is -1.88. The molecule has 0 radical (unpaired) electrons. The number of benzene rings is 2. The van der Waals surface area contributed by atoms with E-state index < -0.39 is 5.82 Å². The lowest BCUT2D eigenvalue weighted by Crippen LogP contribution is -2.12. The van der Waals surface area contributed by atoms with Gasteiger partial charge in [0.2, 0.25) is 0 Å². The molecular formula is C16H14BrFO3. The predicted octanol–water partition coefficient (Wildman–Crippen LogP) is 4.17. The van der Waals surface area contributed by atoms with Gasteiger partial charge >= 0.3 is 0 Å². The van der Waals surface area contributed by atoms with Crippen molar-refractivity contribution in [2.24, 2.45) is 0 Å². The van der Waals surface area contributed by atoms with Crippen molar-refractivity contribution in [3.8, 4) is 11.5 Å². The van der Waals surface area contributed by atoms with Crippen LogP contribution in [0.3, 0.4) is 0 Å². The first-order chi connectivity index (χ1) is 10.0. The molecule has 0 fully saturated rings. The summed E-state index contributed by atoms with van der Waals surface area (Å²) in [5.41, 5.74) is 1.33. The summed E-state index contributed by atoms with van der Waals surface area (Å²) < 4.78 is 24.6. The first kappa shape index (κ1) is 15.5. The van der Waals surface area contributed by atoms with Gasteiger partial charge in [0.1, 0.15) is 5.75 Å². The van der Waals surface area contributed by atoms with Gasteiger partial charge in [0.15, 0.2) is 24.0 Å². The van der Waals surface area contributed by atoms with E-state index in [1.54, 1.807) is 6.07 Å². The molecule has 0 bridgehead atoms. The van der Waals surface area contributed by atoms with E-state index in [1.165, 1.54) is 19.2 Å². The van der Waals surface area contributed by atoms with E-state index in [1.807, 2.05) is 19.1 Å². The number of carbonyl (C=O) groups excluding carboxylic acids is 1. The van der Waals surface area contributed by atoms with Gasteiger partial charge in [-0.2, -0.15) is 0 Å². The molecule has 5 heteroatoms. The highest BCUT2D eigenvalue weighted by Crippen LogP contribution is 2.26. The van der Waals surface area contributed by atoms with Crippen LogP contribution in [0.1, 0.15) is 15.9 Å². The number of hydrogen-bond acceptors (Lipinski definition) is 3. The van der Waals surface area contributed by atoms with Gasteiger partial charge in [0, 0.05) is 5.56 Å². The Morgan fingerprint density at radius 2 is 1.90 bits per heavy atom. The number of halogens is 2. The Labute approximate surface area is 130 Å². The van der Waals surface area contributed by atoms with Crippen molar-refractivity contribution < 1.29 is 18.7 Å². The van der Waals surface area contributed by atoms with Crippen LogP contribution in [0.15, 0.2) is 40.9 Å². The van der Waals surface area contributed by atoms with Crippen LogP contribution >= 0.6 is 15.9 Å². The molecule has 110 valence electrons. The third kappa shape index (κ3) is 3.82. The number of ether oxygens (including phenoxy) is 2. The summed E-state index contributed by atoms with van der Waals surface area (Å²) in [6, 6.07) is 9.64. The highest BCUT2D eigenvalue weighted by Gasteiger charge is 2.12. The van der Waals surface area contributed by atoms with Gasteiger partial charge < -0.3 is 9.47 Å². The van der Waals surface area contributed by atoms with Crippen LogP contribution in [-0.4, -0.2) is 19.5 Å². The van der Waals surface area contributed by atoms with E-state index in [2.05, 4.69) is 15.9 Å². The van der Waals surface area contributed by atoms with Crippen molar-refractivity contribution in [2.45, 2.75) is 6.92 Å². The topological polar surface area (TPSA) is 35.5 Å². The Morgan fingerprint density at radius 3 is 2.52 bits per heavy atom. The first-order valence-corrected chi connectivity index (χ1v) is 7.06. The Morgan fingerprint density at radius 1 is 1.19 bits per heavy atom. The monoisotopic (exact) mass is 352 g/mol. The lowest BCUT2D eigenvalue weighted by molar-refractivity contribution is 0.0920. The third-order valence-electron chi connectivity index (χ3n) is 2.92. The largest absolute Gasteiger partial charge is 0.494 e. The van der Waals surface area contributed by atoms with Gasteiger partial charge in [-0.15, -0.1) is 0 Å². The summed E-state index contributed by atoms with van der Waals surface area (Å²) in [7, 11) is 1.37. The number of Topliss-reactive ketones (excluding diaryl/α,β-unsaturated/α-hetero) is 1. The number of methoxy groups -OCH3 is 1. The second-order valence-corrected chi connectivity index (χ2v) is 5.35. The summed E-state index contributed by atoms with van der Waals surface area (Å²) >= 11 is 3.37. The molecule has 2 aromatic carbocycles. The maximum Gasteiger partial charge on any atom is 0.200 e. The maximum absolute atomic E-state index is 13.6. The molecule has 21 heavy (non-hydrogen) atoms. The standard InChI is InChI=1S/C16H14BrFO3/c1-10-3-5-15(12(17)7-10)21-9-14(19)11-4-6-16(20-2)13(18)8-11/h3-8H,9H2,1-2H3. The fourth-order valence-electron chi connectivity index (χ4n) is 1.79. The van der Waals surface area contributed by atoms with E-state index in [-0.39, 0.29) is 23.7 Å². The van der Waals surface area contributed by atoms with E-state index in [0.29, 0.717) is 5.75 Å². The fourth-order valence-corrected chi connectivity index (χ4v) is 2.40. The smallest absolute Gasteiger partial charge is 0.200 e. The number of rotatable bonds is 5. The second-order valence-electron chi connectivity index (χ2n) is 4.50. The molecule has 0 saturated heterocycles. The normalized spacial score (nSPS) is 10.3. The molecule has 0 heterocycles. The molecule has 2 rings (SSSR count). The summed E-state index contributed by atoms with van der Waals surface area (Å²) in [6.45, 7) is 1.80. The zero-order valence-electron chi connectivity index (χ0n) is 11.7. The molecule has 0 aliphatic carbocycles. The minimum Gasteiger partial charge on any atom is -0.494 e. The average Bonchev–Trinajstić information content (AvgIpc) is 2.46. The van der Waals surface area contributed by atoms with Gasteiger partial charge in [0.25, 0.3) is 0 Å². The van der Waals surface area contributed by atoms with Gasteiger partial charge in [0.05, 0.1) is 11.6 Å². The Kier molecular flexibility index (Phi) is 4.96. The fraction of sp³-hybridized carbons (Fsp3) is 0.188. The molecule has 0 saturated carbocycles. The van der Waals surface area contributed by atoms with Crippen LogP contribution in [0.4, 0.5) is 4.39 Å². The Balaban J connectivity index is 2.06. The van der Waals surface area contributed by atoms with Gasteiger partial charge in [-0.3, -0.25) is 4.79 Å². The van der Waals surface area contributed by atoms with E-state index >= 15 is 0 Å². The number of ketones is 1. The lowest BCUT2D eigenvalue weighted by atomic mass is 10.1. The van der Waals surface area contributed by atoms with Gasteiger partial charge in [-0.25, -0.2) is 4.39 Å².